The van der Waals surface area contributed by atoms with E-state index in [2.05, 4.69) is 9.97 Å². The van der Waals surface area contributed by atoms with Crippen LogP contribution >= 0.6 is 23.8 Å². The molecule has 0 bridgehead atoms. The first-order chi connectivity index (χ1) is 10.5. The summed E-state index contributed by atoms with van der Waals surface area (Å²) in [6.45, 7) is 3.38. The number of benzene rings is 1. The van der Waals surface area contributed by atoms with Crippen molar-refractivity contribution in [2.45, 2.75) is 26.4 Å². The summed E-state index contributed by atoms with van der Waals surface area (Å²) in [5, 5.41) is 0.451. The standard InChI is InChI=1S/C15H15ClFN3OS/c1-8-2-3-11(17)9(13(8)16)6-20-5-4-12-10(7-20)14(21)19-15(22)18-12/h2-3H,4-7H2,1H3,(H2,18,19,21,22). The molecule has 0 spiro atoms. The minimum absolute atomic E-state index is 0.181. The molecule has 22 heavy (non-hydrogen) atoms. The summed E-state index contributed by atoms with van der Waals surface area (Å²) in [5.41, 5.74) is 2.66. The van der Waals surface area contributed by atoms with E-state index >= 15 is 0 Å². The number of aryl methyl sites for hydroxylation is 1. The second kappa shape index (κ2) is 5.95. The molecule has 2 heterocycles. The van der Waals surface area contributed by atoms with Crippen LogP contribution in [0.1, 0.15) is 22.4 Å². The second-order valence-corrected chi connectivity index (χ2v) is 6.27. The average Bonchev–Trinajstić information content (AvgIpc) is 2.48. The molecule has 7 heteroatoms. The number of nitrogens with one attached hydrogen (secondary N) is 2. The van der Waals surface area contributed by atoms with Gasteiger partial charge in [-0.15, -0.1) is 0 Å². The summed E-state index contributed by atoms with van der Waals surface area (Å²) in [6.07, 6.45) is 0.675. The van der Waals surface area contributed by atoms with E-state index in [1.165, 1.54) is 6.07 Å². The fraction of sp³-hybridized carbons (Fsp3) is 0.333. The summed E-state index contributed by atoms with van der Waals surface area (Å²) in [7, 11) is 0. The van der Waals surface area contributed by atoms with Crippen LogP contribution in [0.4, 0.5) is 4.39 Å². The molecular formula is C15H15ClFN3OS. The van der Waals surface area contributed by atoms with Gasteiger partial charge in [-0.25, -0.2) is 4.39 Å². The van der Waals surface area contributed by atoms with Crippen molar-refractivity contribution in [1.29, 1.82) is 0 Å². The summed E-state index contributed by atoms with van der Waals surface area (Å²) in [5.74, 6) is -0.317. The van der Waals surface area contributed by atoms with Crippen molar-refractivity contribution in [2.24, 2.45) is 0 Å². The molecule has 0 atom stereocenters. The lowest BCUT2D eigenvalue weighted by molar-refractivity contribution is 0.238. The largest absolute Gasteiger partial charge is 0.335 e. The van der Waals surface area contributed by atoms with E-state index in [0.29, 0.717) is 47.0 Å². The third kappa shape index (κ3) is 2.86. The smallest absolute Gasteiger partial charge is 0.256 e. The summed E-state index contributed by atoms with van der Waals surface area (Å²) >= 11 is 11.2. The highest BCUT2D eigenvalue weighted by atomic mass is 35.5. The molecule has 4 nitrogen and oxygen atoms in total. The fourth-order valence-electron chi connectivity index (χ4n) is 2.73. The van der Waals surface area contributed by atoms with E-state index < -0.39 is 0 Å². The minimum Gasteiger partial charge on any atom is -0.335 e. The third-order valence-corrected chi connectivity index (χ3v) is 4.68. The molecule has 1 aliphatic rings. The van der Waals surface area contributed by atoms with Gasteiger partial charge in [0.25, 0.3) is 5.56 Å². The highest BCUT2D eigenvalue weighted by Crippen LogP contribution is 2.26. The number of H-pyrrole nitrogens is 2. The van der Waals surface area contributed by atoms with Gasteiger partial charge < -0.3 is 4.98 Å². The van der Waals surface area contributed by atoms with Crippen molar-refractivity contribution < 1.29 is 4.39 Å². The van der Waals surface area contributed by atoms with Crippen molar-refractivity contribution in [3.05, 3.63) is 60.5 Å². The van der Waals surface area contributed by atoms with E-state index in [4.69, 9.17) is 23.8 Å². The maximum absolute atomic E-state index is 14.0. The molecule has 0 fully saturated rings. The molecule has 0 saturated carbocycles. The monoisotopic (exact) mass is 339 g/mol. The number of hydrogen-bond donors (Lipinski definition) is 2. The summed E-state index contributed by atoms with van der Waals surface area (Å²) in [4.78, 5) is 19.6. The van der Waals surface area contributed by atoms with Crippen molar-refractivity contribution in [2.75, 3.05) is 6.54 Å². The number of rotatable bonds is 2. The van der Waals surface area contributed by atoms with Gasteiger partial charge in [-0.1, -0.05) is 17.7 Å². The topological polar surface area (TPSA) is 51.9 Å². The van der Waals surface area contributed by atoms with Gasteiger partial charge in [0.05, 0.1) is 10.6 Å². The predicted molar refractivity (Wildman–Crippen MR) is 86.2 cm³/mol. The number of fused-ring (bicyclic) bond motifs is 1. The number of hydrogen-bond acceptors (Lipinski definition) is 3. The molecule has 2 aromatic rings. The molecule has 0 saturated heterocycles. The van der Waals surface area contributed by atoms with Gasteiger partial charge in [0.2, 0.25) is 0 Å². The molecule has 1 aliphatic heterocycles. The van der Waals surface area contributed by atoms with Crippen LogP contribution in [-0.2, 0) is 19.5 Å². The van der Waals surface area contributed by atoms with Crippen LogP contribution in [0.15, 0.2) is 16.9 Å². The molecule has 2 N–H and O–H groups in total. The first-order valence-corrected chi connectivity index (χ1v) is 7.74. The average molecular weight is 340 g/mol. The van der Waals surface area contributed by atoms with E-state index in [-0.39, 0.29) is 11.4 Å². The SMILES string of the molecule is Cc1ccc(F)c(CN2CCc3[nH]c(=S)[nH]c(=O)c3C2)c1Cl. The van der Waals surface area contributed by atoms with Crippen LogP contribution in [0.5, 0.6) is 0 Å². The minimum atomic E-state index is -0.317. The van der Waals surface area contributed by atoms with Gasteiger partial charge in [-0.2, -0.15) is 0 Å². The highest BCUT2D eigenvalue weighted by Gasteiger charge is 2.22. The quantitative estimate of drug-likeness (QED) is 0.827. The van der Waals surface area contributed by atoms with Crippen LogP contribution in [0, 0.1) is 17.5 Å². The van der Waals surface area contributed by atoms with Crippen molar-refractivity contribution in [1.82, 2.24) is 14.9 Å². The molecule has 0 amide bonds. The van der Waals surface area contributed by atoms with Crippen LogP contribution in [0.2, 0.25) is 5.02 Å². The van der Waals surface area contributed by atoms with Crippen molar-refractivity contribution >= 4 is 23.8 Å². The zero-order valence-corrected chi connectivity index (χ0v) is 13.6. The maximum Gasteiger partial charge on any atom is 0.256 e. The summed E-state index contributed by atoms with van der Waals surface area (Å²) < 4.78 is 14.4. The van der Waals surface area contributed by atoms with E-state index in [1.54, 1.807) is 6.07 Å². The zero-order valence-electron chi connectivity index (χ0n) is 12.0. The van der Waals surface area contributed by atoms with Gasteiger partial charge in [0.1, 0.15) is 5.82 Å². The Kier molecular flexibility index (Phi) is 4.16. The van der Waals surface area contributed by atoms with E-state index in [0.717, 1.165) is 11.3 Å². The van der Waals surface area contributed by atoms with Crippen molar-refractivity contribution in [3.8, 4) is 0 Å². The Morgan fingerprint density at radius 1 is 1.41 bits per heavy atom. The lowest BCUT2D eigenvalue weighted by Crippen LogP contribution is -2.35. The Hall–Kier alpha value is -1.50. The predicted octanol–water partition coefficient (Wildman–Crippen LogP) is 3.09. The molecule has 1 aromatic heterocycles. The zero-order chi connectivity index (χ0) is 15.9. The first-order valence-electron chi connectivity index (χ1n) is 6.96. The molecular weight excluding hydrogens is 325 g/mol. The van der Waals surface area contributed by atoms with Gasteiger partial charge in [0, 0.05) is 37.3 Å². The Labute approximate surface area is 136 Å². The maximum atomic E-state index is 14.0. The second-order valence-electron chi connectivity index (χ2n) is 5.48. The van der Waals surface area contributed by atoms with Crippen molar-refractivity contribution in [3.63, 3.8) is 0 Å². The number of halogens is 2. The first kappa shape index (κ1) is 15.4. The summed E-state index contributed by atoms with van der Waals surface area (Å²) in [6, 6.07) is 3.09. The number of aromatic nitrogens is 2. The molecule has 0 radical (unpaired) electrons. The Morgan fingerprint density at radius 3 is 2.95 bits per heavy atom. The van der Waals surface area contributed by atoms with Gasteiger partial charge in [0.15, 0.2) is 4.77 Å². The Morgan fingerprint density at radius 2 is 2.18 bits per heavy atom. The van der Waals surface area contributed by atoms with Crippen LogP contribution in [-0.4, -0.2) is 21.4 Å². The highest BCUT2D eigenvalue weighted by molar-refractivity contribution is 7.71. The van der Waals surface area contributed by atoms with Gasteiger partial charge >= 0.3 is 0 Å². The Balaban J connectivity index is 1.89. The third-order valence-electron chi connectivity index (χ3n) is 3.95. The van der Waals surface area contributed by atoms with Crippen LogP contribution in [0.3, 0.4) is 0 Å². The fourth-order valence-corrected chi connectivity index (χ4v) is 3.16. The lowest BCUT2D eigenvalue weighted by atomic mass is 10.1. The molecule has 1 aromatic carbocycles. The molecule has 0 unspecified atom stereocenters. The van der Waals surface area contributed by atoms with Crippen LogP contribution < -0.4 is 5.56 Å². The molecule has 0 aliphatic carbocycles. The number of aromatic amines is 2. The van der Waals surface area contributed by atoms with Gasteiger partial charge in [-0.05, 0) is 30.8 Å². The van der Waals surface area contributed by atoms with E-state index in [1.807, 2.05) is 11.8 Å². The lowest BCUT2D eigenvalue weighted by Gasteiger charge is -2.28. The van der Waals surface area contributed by atoms with Crippen LogP contribution in [0.25, 0.3) is 0 Å². The van der Waals surface area contributed by atoms with E-state index in [9.17, 15) is 9.18 Å². The molecule has 116 valence electrons. The molecule has 3 rings (SSSR count). The van der Waals surface area contributed by atoms with Gasteiger partial charge in [-0.3, -0.25) is 14.7 Å². The number of nitrogens with zero attached hydrogens (tertiary/aromatic N) is 1. The normalized spacial score (nSPS) is 14.9. The Bertz CT molecular complexity index is 846.